The van der Waals surface area contributed by atoms with Crippen molar-refractivity contribution in [1.29, 1.82) is 0 Å². The van der Waals surface area contributed by atoms with Crippen LogP contribution in [0.4, 0.5) is 17.2 Å². The minimum absolute atomic E-state index is 0.0537. The van der Waals surface area contributed by atoms with Crippen molar-refractivity contribution in [2.24, 2.45) is 8.73 Å². The molecule has 4 aromatic carbocycles. The predicted molar refractivity (Wildman–Crippen MR) is 154 cm³/mol. The van der Waals surface area contributed by atoms with E-state index in [2.05, 4.69) is 4.98 Å². The fourth-order valence-electron chi connectivity index (χ4n) is 3.66. The van der Waals surface area contributed by atoms with Crippen LogP contribution >= 0.6 is 11.6 Å². The van der Waals surface area contributed by atoms with Gasteiger partial charge in [0.1, 0.15) is 5.15 Å². The highest BCUT2D eigenvalue weighted by molar-refractivity contribution is 7.87. The molecule has 0 bridgehead atoms. The molecule has 0 saturated heterocycles. The molecule has 0 saturated carbocycles. The lowest BCUT2D eigenvalue weighted by Crippen LogP contribution is -1.97. The summed E-state index contributed by atoms with van der Waals surface area (Å²) >= 11 is 6.43. The Kier molecular flexibility index (Phi) is 8.13. The Morgan fingerprint density at radius 2 is 1.00 bits per heavy atom. The highest BCUT2D eigenvalue weighted by Crippen LogP contribution is 2.40. The summed E-state index contributed by atoms with van der Waals surface area (Å²) < 4.78 is 9.73. The van der Waals surface area contributed by atoms with Crippen molar-refractivity contribution in [3.63, 3.8) is 0 Å². The SMILES string of the molecule is O=[N+]([O-])c1c(N=S(c2ccccc2)c2ccccc2)cc(Cl)nc1N=S(c1ccccc1)c1ccccc1. The topological polar surface area (TPSA) is 80.8 Å². The van der Waals surface area contributed by atoms with E-state index in [0.717, 1.165) is 19.6 Å². The fourth-order valence-corrected chi connectivity index (χ4v) is 7.10. The predicted octanol–water partition coefficient (Wildman–Crippen LogP) is 8.75. The maximum atomic E-state index is 12.5. The maximum Gasteiger partial charge on any atom is 0.340 e. The van der Waals surface area contributed by atoms with Crippen molar-refractivity contribution in [2.45, 2.75) is 19.6 Å². The van der Waals surface area contributed by atoms with E-state index >= 15 is 0 Å². The first-order chi connectivity index (χ1) is 18.6. The van der Waals surface area contributed by atoms with Gasteiger partial charge in [0.15, 0.2) is 5.69 Å². The molecule has 0 amide bonds. The van der Waals surface area contributed by atoms with Crippen LogP contribution in [0.2, 0.25) is 5.15 Å². The monoisotopic (exact) mass is 556 g/mol. The van der Waals surface area contributed by atoms with Gasteiger partial charge in [-0.25, -0.2) is 9.35 Å². The Bertz CT molecular complexity index is 1440. The van der Waals surface area contributed by atoms with Gasteiger partial charge in [-0.15, -0.1) is 0 Å². The molecule has 0 fully saturated rings. The zero-order valence-corrected chi connectivity index (χ0v) is 22.3. The first-order valence-electron chi connectivity index (χ1n) is 11.6. The molecular weight excluding hydrogens is 536 g/mol. The van der Waals surface area contributed by atoms with Gasteiger partial charge in [0.2, 0.25) is 5.82 Å². The summed E-state index contributed by atoms with van der Waals surface area (Å²) in [6.07, 6.45) is 0. The van der Waals surface area contributed by atoms with Crippen LogP contribution in [0.3, 0.4) is 0 Å². The largest absolute Gasteiger partial charge is 0.340 e. The lowest BCUT2D eigenvalue weighted by molar-refractivity contribution is -0.383. The van der Waals surface area contributed by atoms with E-state index in [4.69, 9.17) is 20.3 Å². The van der Waals surface area contributed by atoms with Crippen molar-refractivity contribution in [2.75, 3.05) is 0 Å². The minimum atomic E-state index is -0.870. The lowest BCUT2D eigenvalue weighted by atomic mass is 10.3. The van der Waals surface area contributed by atoms with Gasteiger partial charge in [-0.1, -0.05) is 84.4 Å². The van der Waals surface area contributed by atoms with Gasteiger partial charge >= 0.3 is 5.69 Å². The first kappa shape index (κ1) is 25.7. The molecule has 5 rings (SSSR count). The molecular formula is C29H21ClN4O2S2. The zero-order chi connectivity index (χ0) is 26.3. The van der Waals surface area contributed by atoms with E-state index in [1.54, 1.807) is 0 Å². The smallest absolute Gasteiger partial charge is 0.258 e. The first-order valence-corrected chi connectivity index (χ1v) is 14.3. The molecule has 6 nitrogen and oxygen atoms in total. The molecule has 0 aliphatic carbocycles. The summed E-state index contributed by atoms with van der Waals surface area (Å²) in [6.45, 7) is 0. The van der Waals surface area contributed by atoms with Gasteiger partial charge in [0.05, 0.1) is 4.92 Å². The highest BCUT2D eigenvalue weighted by atomic mass is 35.5. The van der Waals surface area contributed by atoms with Crippen LogP contribution in [0.1, 0.15) is 0 Å². The number of halogens is 1. The molecule has 1 aromatic heterocycles. The standard InChI is InChI=1S/C29H21ClN4O2S2/c30-27-21-26(32-37(22-13-5-1-6-14-22)23-15-7-2-8-16-23)28(34(35)36)29(31-27)33-38(24-17-9-3-10-18-24)25-19-11-4-12-20-25/h1-21H. The molecule has 1 heterocycles. The van der Waals surface area contributed by atoms with Crippen molar-refractivity contribution in [3.8, 4) is 0 Å². The van der Waals surface area contributed by atoms with E-state index in [1.807, 2.05) is 121 Å². The van der Waals surface area contributed by atoms with E-state index < -0.39 is 26.3 Å². The number of hydrogen-bond donors (Lipinski definition) is 0. The van der Waals surface area contributed by atoms with Gasteiger partial charge in [0, 0.05) is 25.6 Å². The molecule has 0 N–H and O–H groups in total. The van der Waals surface area contributed by atoms with Crippen LogP contribution in [0.15, 0.2) is 156 Å². The number of nitrogens with zero attached hydrogens (tertiary/aromatic N) is 4. The third-order valence-electron chi connectivity index (χ3n) is 5.34. The molecule has 0 atom stereocenters. The van der Waals surface area contributed by atoms with Gasteiger partial charge in [-0.05, 0) is 69.9 Å². The second kappa shape index (κ2) is 12.0. The van der Waals surface area contributed by atoms with Gasteiger partial charge in [-0.2, -0.15) is 4.36 Å². The summed E-state index contributed by atoms with van der Waals surface area (Å²) in [7, 11) is -1.71. The number of aromatic nitrogens is 1. The van der Waals surface area contributed by atoms with Crippen molar-refractivity contribution < 1.29 is 4.92 Å². The Morgan fingerprint density at radius 1 is 0.632 bits per heavy atom. The normalized spacial score (nSPS) is 10.9. The third-order valence-corrected chi connectivity index (χ3v) is 9.14. The summed E-state index contributed by atoms with van der Waals surface area (Å²) in [6, 6.07) is 40.1. The van der Waals surface area contributed by atoms with E-state index in [9.17, 15) is 10.1 Å². The van der Waals surface area contributed by atoms with Crippen LogP contribution in [0.5, 0.6) is 0 Å². The number of pyridine rings is 1. The van der Waals surface area contributed by atoms with E-state index in [1.165, 1.54) is 6.07 Å². The summed E-state index contributed by atoms with van der Waals surface area (Å²) in [5.41, 5.74) is -0.141. The Hall–Kier alpha value is -3.98. The second-order valence-electron chi connectivity index (χ2n) is 7.90. The van der Waals surface area contributed by atoms with Crippen molar-refractivity contribution in [1.82, 2.24) is 4.98 Å². The number of rotatable bonds is 7. The van der Waals surface area contributed by atoms with E-state index in [0.29, 0.717) is 0 Å². The van der Waals surface area contributed by atoms with Gasteiger partial charge in [-0.3, -0.25) is 10.1 Å². The average molecular weight is 557 g/mol. The maximum absolute atomic E-state index is 12.5. The van der Waals surface area contributed by atoms with Crippen LogP contribution in [-0.4, -0.2) is 9.91 Å². The van der Waals surface area contributed by atoms with Crippen molar-refractivity contribution in [3.05, 3.63) is 143 Å². The van der Waals surface area contributed by atoms with Gasteiger partial charge in [0.25, 0.3) is 0 Å². The van der Waals surface area contributed by atoms with Crippen molar-refractivity contribution >= 4 is 50.2 Å². The Labute approximate surface area is 230 Å². The third kappa shape index (κ3) is 5.94. The average Bonchev–Trinajstić information content (AvgIpc) is 2.96. The quantitative estimate of drug-likeness (QED) is 0.114. The highest BCUT2D eigenvalue weighted by Gasteiger charge is 2.25. The second-order valence-corrected chi connectivity index (χ2v) is 11.7. The zero-order valence-electron chi connectivity index (χ0n) is 19.9. The molecule has 38 heavy (non-hydrogen) atoms. The molecule has 0 aliphatic heterocycles. The summed E-state index contributed by atoms with van der Waals surface area (Å²) in [4.78, 5) is 20.0. The summed E-state index contributed by atoms with van der Waals surface area (Å²) in [5, 5.41) is 12.6. The summed E-state index contributed by atoms with van der Waals surface area (Å²) in [5.74, 6) is -0.0537. The lowest BCUT2D eigenvalue weighted by Gasteiger charge is -2.11. The van der Waals surface area contributed by atoms with Crippen LogP contribution in [0, 0.1) is 10.1 Å². The molecule has 0 unspecified atom stereocenters. The minimum Gasteiger partial charge on any atom is -0.258 e. The molecule has 0 aliphatic rings. The van der Waals surface area contributed by atoms with Crippen LogP contribution in [0.25, 0.3) is 0 Å². The Balaban J connectivity index is 1.76. The van der Waals surface area contributed by atoms with Crippen LogP contribution < -0.4 is 0 Å². The molecule has 188 valence electrons. The molecule has 5 aromatic rings. The number of hydrogen-bond acceptors (Lipinski definition) is 5. The number of benzene rings is 4. The molecule has 9 heteroatoms. The Morgan fingerprint density at radius 3 is 1.37 bits per heavy atom. The van der Waals surface area contributed by atoms with E-state index in [-0.39, 0.29) is 22.3 Å². The number of nitro groups is 1. The van der Waals surface area contributed by atoms with Gasteiger partial charge < -0.3 is 0 Å². The van der Waals surface area contributed by atoms with Crippen LogP contribution in [-0.2, 0) is 21.4 Å². The molecule has 0 radical (unpaired) electrons. The fraction of sp³-hybridized carbons (Fsp3) is 0. The molecule has 0 spiro atoms.